The Balaban J connectivity index is 1.60. The summed E-state index contributed by atoms with van der Waals surface area (Å²) in [7, 11) is 0. The summed E-state index contributed by atoms with van der Waals surface area (Å²) in [5, 5.41) is 10.1. The maximum Gasteiger partial charge on any atom is 0.322 e. The first kappa shape index (κ1) is 15.7. The highest BCUT2D eigenvalue weighted by atomic mass is 79.9. The Morgan fingerprint density at radius 2 is 2.21 bits per heavy atom. The predicted octanol–water partition coefficient (Wildman–Crippen LogP) is 3.48. The molecule has 124 valence electrons. The van der Waals surface area contributed by atoms with E-state index in [0.29, 0.717) is 17.1 Å². The van der Waals surface area contributed by atoms with Crippen LogP contribution < -0.4 is 10.9 Å². The van der Waals surface area contributed by atoms with Gasteiger partial charge >= 0.3 is 6.03 Å². The van der Waals surface area contributed by atoms with E-state index in [1.54, 1.807) is 24.3 Å². The van der Waals surface area contributed by atoms with E-state index in [-0.39, 0.29) is 23.7 Å². The van der Waals surface area contributed by atoms with Crippen LogP contribution in [-0.2, 0) is 6.42 Å². The number of carbonyl (C=O) groups excluding carboxylic acids is 1. The molecule has 24 heavy (non-hydrogen) atoms. The average Bonchev–Trinajstić information content (AvgIpc) is 2.86. The first-order valence-corrected chi connectivity index (χ1v) is 8.83. The molecule has 4 rings (SSSR count). The van der Waals surface area contributed by atoms with Gasteiger partial charge in [0.2, 0.25) is 0 Å². The number of hydrogen-bond donors (Lipinski definition) is 2. The number of H-pyrrole nitrogens is 1. The molecule has 0 unspecified atom stereocenters. The Morgan fingerprint density at radius 1 is 1.38 bits per heavy atom. The Morgan fingerprint density at radius 3 is 3.00 bits per heavy atom. The summed E-state index contributed by atoms with van der Waals surface area (Å²) in [5.74, 6) is 0. The fraction of sp³-hybridized carbons (Fsp3) is 0.312. The van der Waals surface area contributed by atoms with E-state index in [2.05, 4.69) is 31.4 Å². The van der Waals surface area contributed by atoms with Crippen molar-refractivity contribution in [1.82, 2.24) is 15.1 Å². The number of halogens is 2. The number of benzene rings is 1. The van der Waals surface area contributed by atoms with Crippen molar-refractivity contribution in [3.8, 4) is 0 Å². The quantitative estimate of drug-likeness (QED) is 0.757. The number of nitrogens with one attached hydrogen (secondary N) is 2. The number of carbonyl (C=O) groups is 1. The first-order chi connectivity index (χ1) is 11.5. The van der Waals surface area contributed by atoms with Crippen LogP contribution >= 0.6 is 27.5 Å². The van der Waals surface area contributed by atoms with Crippen molar-refractivity contribution in [2.45, 2.75) is 31.3 Å². The summed E-state index contributed by atoms with van der Waals surface area (Å²) in [6.07, 6.45) is 2.42. The molecule has 2 bridgehead atoms. The van der Waals surface area contributed by atoms with Crippen molar-refractivity contribution in [2.24, 2.45) is 0 Å². The van der Waals surface area contributed by atoms with E-state index in [4.69, 9.17) is 11.6 Å². The monoisotopic (exact) mass is 408 g/mol. The average molecular weight is 410 g/mol. The van der Waals surface area contributed by atoms with Gasteiger partial charge in [-0.1, -0.05) is 11.6 Å². The van der Waals surface area contributed by atoms with Crippen LogP contribution in [0.2, 0.25) is 5.02 Å². The molecule has 2 aliphatic rings. The van der Waals surface area contributed by atoms with Gasteiger partial charge in [0.15, 0.2) is 0 Å². The lowest BCUT2D eigenvalue weighted by Crippen LogP contribution is -2.45. The van der Waals surface area contributed by atoms with Gasteiger partial charge in [-0.2, -0.15) is 5.10 Å². The third-order valence-corrected chi connectivity index (χ3v) is 5.83. The topological polar surface area (TPSA) is 78.1 Å². The summed E-state index contributed by atoms with van der Waals surface area (Å²) in [6.45, 7) is 0. The Bertz CT molecular complexity index is 885. The van der Waals surface area contributed by atoms with Crippen LogP contribution in [0.15, 0.2) is 33.5 Å². The Hall–Kier alpha value is -1.86. The molecule has 0 spiro atoms. The summed E-state index contributed by atoms with van der Waals surface area (Å²) in [6, 6.07) is 6.72. The van der Waals surface area contributed by atoms with Crippen LogP contribution in [0, 0.1) is 0 Å². The van der Waals surface area contributed by atoms with E-state index in [1.165, 1.54) is 0 Å². The highest BCUT2D eigenvalue weighted by molar-refractivity contribution is 9.10. The van der Waals surface area contributed by atoms with Gasteiger partial charge in [-0.15, -0.1) is 0 Å². The van der Waals surface area contributed by atoms with Crippen molar-refractivity contribution in [1.29, 1.82) is 0 Å². The molecule has 2 atom stereocenters. The largest absolute Gasteiger partial charge is 0.322 e. The second-order valence-electron chi connectivity index (χ2n) is 6.06. The lowest BCUT2D eigenvalue weighted by molar-refractivity contribution is 0.177. The van der Waals surface area contributed by atoms with Crippen LogP contribution in [0.4, 0.5) is 10.5 Å². The molecule has 2 N–H and O–H groups in total. The standard InChI is InChI=1S/C16H14BrClN4O2/c17-11-3-1-9(7-12(11)18)19-16(24)22-10-2-4-13(22)15-8(5-10)6-14(23)20-21-15/h1,3,6-7,10,13H,2,4-5H2,(H,19,24)(H,20,23)/t10-,13+/m1/s1. The van der Waals surface area contributed by atoms with Crippen molar-refractivity contribution < 1.29 is 4.79 Å². The molecular formula is C16H14BrClN4O2. The molecule has 2 aliphatic heterocycles. The third kappa shape index (κ3) is 2.61. The zero-order valence-corrected chi connectivity index (χ0v) is 14.9. The maximum atomic E-state index is 12.8. The van der Waals surface area contributed by atoms with Crippen LogP contribution in [-0.4, -0.2) is 27.2 Å². The lowest BCUT2D eigenvalue weighted by atomic mass is 9.99. The molecule has 0 saturated carbocycles. The highest BCUT2D eigenvalue weighted by Crippen LogP contribution is 2.42. The molecular weight excluding hydrogens is 396 g/mol. The minimum atomic E-state index is -0.199. The van der Waals surface area contributed by atoms with Gasteiger partial charge in [-0.05, 0) is 59.0 Å². The van der Waals surface area contributed by atoms with Gasteiger partial charge in [0, 0.05) is 22.3 Å². The Kier molecular flexibility index (Phi) is 3.85. The smallest absolute Gasteiger partial charge is 0.313 e. The molecule has 0 radical (unpaired) electrons. The SMILES string of the molecule is O=C(Nc1ccc(Br)c(Cl)c1)N1[C@@H]2CC[C@H]1c1n[nH]c(=O)cc1C2. The minimum absolute atomic E-state index is 0.0945. The van der Waals surface area contributed by atoms with Crippen molar-refractivity contribution in [3.63, 3.8) is 0 Å². The zero-order chi connectivity index (χ0) is 16.8. The van der Waals surface area contributed by atoms with Crippen molar-refractivity contribution in [3.05, 3.63) is 55.4 Å². The number of rotatable bonds is 1. The van der Waals surface area contributed by atoms with Crippen LogP contribution in [0.1, 0.15) is 30.1 Å². The fourth-order valence-electron chi connectivity index (χ4n) is 3.58. The maximum absolute atomic E-state index is 12.8. The van der Waals surface area contributed by atoms with E-state index in [9.17, 15) is 9.59 Å². The number of urea groups is 1. The van der Waals surface area contributed by atoms with Gasteiger partial charge in [-0.25, -0.2) is 9.89 Å². The van der Waals surface area contributed by atoms with Gasteiger partial charge in [-0.3, -0.25) is 4.79 Å². The molecule has 1 saturated heterocycles. The first-order valence-electron chi connectivity index (χ1n) is 7.66. The predicted molar refractivity (Wildman–Crippen MR) is 94.3 cm³/mol. The van der Waals surface area contributed by atoms with Crippen LogP contribution in [0.3, 0.4) is 0 Å². The summed E-state index contributed by atoms with van der Waals surface area (Å²) < 4.78 is 0.780. The summed E-state index contributed by atoms with van der Waals surface area (Å²) >= 11 is 9.41. The van der Waals surface area contributed by atoms with Crippen LogP contribution in [0.5, 0.6) is 0 Å². The van der Waals surface area contributed by atoms with E-state index in [1.807, 2.05) is 4.90 Å². The van der Waals surface area contributed by atoms with Gasteiger partial charge in [0.25, 0.3) is 5.56 Å². The molecule has 8 heteroatoms. The molecule has 2 amide bonds. The van der Waals surface area contributed by atoms with Gasteiger partial charge in [0.05, 0.1) is 16.8 Å². The van der Waals surface area contributed by atoms with Crippen LogP contribution in [0.25, 0.3) is 0 Å². The van der Waals surface area contributed by atoms with Gasteiger partial charge in [0.1, 0.15) is 0 Å². The number of amides is 2. The molecule has 6 nitrogen and oxygen atoms in total. The minimum Gasteiger partial charge on any atom is -0.313 e. The molecule has 0 aliphatic carbocycles. The highest BCUT2D eigenvalue weighted by Gasteiger charge is 2.43. The molecule has 2 aromatic rings. The normalized spacial score (nSPS) is 21.5. The number of anilines is 1. The number of aromatic nitrogens is 2. The molecule has 1 aromatic heterocycles. The number of aromatic amines is 1. The lowest BCUT2D eigenvalue weighted by Gasteiger charge is -2.35. The second kappa shape index (κ2) is 5.89. The van der Waals surface area contributed by atoms with Crippen molar-refractivity contribution >= 4 is 39.2 Å². The van der Waals surface area contributed by atoms with E-state index < -0.39 is 0 Å². The number of hydrogen-bond acceptors (Lipinski definition) is 3. The molecule has 1 fully saturated rings. The fourth-order valence-corrected chi connectivity index (χ4v) is 4.01. The molecule has 3 heterocycles. The molecule has 1 aromatic carbocycles. The Labute approximate surface area is 151 Å². The summed E-state index contributed by atoms with van der Waals surface area (Å²) in [5.41, 5.74) is 2.19. The second-order valence-corrected chi connectivity index (χ2v) is 7.32. The number of fused-ring (bicyclic) bond motifs is 4. The van der Waals surface area contributed by atoms with E-state index >= 15 is 0 Å². The third-order valence-electron chi connectivity index (χ3n) is 4.60. The van der Waals surface area contributed by atoms with Crippen molar-refractivity contribution in [2.75, 3.05) is 5.32 Å². The number of nitrogens with zero attached hydrogens (tertiary/aromatic N) is 2. The van der Waals surface area contributed by atoms with E-state index in [0.717, 1.165) is 28.6 Å². The zero-order valence-electron chi connectivity index (χ0n) is 12.6. The van der Waals surface area contributed by atoms with Gasteiger partial charge < -0.3 is 10.2 Å². The summed E-state index contributed by atoms with van der Waals surface area (Å²) in [4.78, 5) is 26.1.